The summed E-state index contributed by atoms with van der Waals surface area (Å²) in [5.74, 6) is 1.24. The Labute approximate surface area is 148 Å². The highest BCUT2D eigenvalue weighted by Crippen LogP contribution is 2.27. The van der Waals surface area contributed by atoms with Gasteiger partial charge in [0.1, 0.15) is 18.1 Å². The maximum Gasteiger partial charge on any atom is 0.250 e. The number of aromatic nitrogens is 1. The fourth-order valence-corrected chi connectivity index (χ4v) is 2.30. The minimum absolute atomic E-state index is 0.129. The largest absolute Gasteiger partial charge is 0.495 e. The Morgan fingerprint density at radius 2 is 2.16 bits per heavy atom. The fraction of sp³-hybridized carbons (Fsp3) is 0.176. The number of nitrogens with one attached hydrogen (secondary N) is 1. The second kappa shape index (κ2) is 7.87. The number of hydrogen-bond donors (Lipinski definition) is 1. The second-order valence-corrected chi connectivity index (χ2v) is 5.48. The molecule has 1 N–H and O–H groups in total. The Balaban J connectivity index is 1.51. The van der Waals surface area contributed by atoms with Crippen molar-refractivity contribution in [2.45, 2.75) is 6.61 Å². The van der Waals surface area contributed by atoms with Crippen LogP contribution in [-0.2, 0) is 16.1 Å². The van der Waals surface area contributed by atoms with E-state index < -0.39 is 0 Å². The van der Waals surface area contributed by atoms with E-state index in [0.717, 1.165) is 0 Å². The number of ether oxygens (including phenoxy) is 2. The van der Waals surface area contributed by atoms with Gasteiger partial charge in [-0.05, 0) is 30.3 Å². The van der Waals surface area contributed by atoms with Crippen molar-refractivity contribution in [1.82, 2.24) is 5.16 Å². The molecule has 3 rings (SSSR count). The van der Waals surface area contributed by atoms with Crippen LogP contribution in [0.15, 0.2) is 51.6 Å². The van der Waals surface area contributed by atoms with Crippen LogP contribution in [0.1, 0.15) is 5.69 Å². The standard InChI is InChI=1S/C17H15ClN2O5/c1-22-14-5-4-11(18)7-13(14)19-17(21)10-23-9-12-8-16(25-20-12)15-3-2-6-24-15/h2-8H,9-10H2,1H3,(H,19,21). The molecule has 130 valence electrons. The number of hydrogen-bond acceptors (Lipinski definition) is 6. The molecule has 0 aliphatic heterocycles. The highest BCUT2D eigenvalue weighted by molar-refractivity contribution is 6.31. The molecule has 7 nitrogen and oxygen atoms in total. The number of halogens is 1. The molecule has 0 aliphatic rings. The molecule has 0 bridgehead atoms. The third kappa shape index (κ3) is 4.40. The van der Waals surface area contributed by atoms with Gasteiger partial charge in [0.15, 0.2) is 5.76 Å². The first-order chi connectivity index (χ1) is 12.2. The van der Waals surface area contributed by atoms with Gasteiger partial charge in [-0.15, -0.1) is 0 Å². The normalized spacial score (nSPS) is 10.6. The number of amides is 1. The van der Waals surface area contributed by atoms with Gasteiger partial charge in [0.05, 0.1) is 25.7 Å². The summed E-state index contributed by atoms with van der Waals surface area (Å²) >= 11 is 5.92. The monoisotopic (exact) mass is 362 g/mol. The number of rotatable bonds is 7. The van der Waals surface area contributed by atoms with Gasteiger partial charge < -0.3 is 23.7 Å². The molecular formula is C17H15ClN2O5. The van der Waals surface area contributed by atoms with E-state index in [1.54, 1.807) is 42.7 Å². The highest BCUT2D eigenvalue weighted by atomic mass is 35.5. The predicted octanol–water partition coefficient (Wildman–Crippen LogP) is 3.75. The molecule has 0 radical (unpaired) electrons. The minimum atomic E-state index is -0.338. The first-order valence-electron chi connectivity index (χ1n) is 7.36. The van der Waals surface area contributed by atoms with E-state index in [9.17, 15) is 4.79 Å². The molecule has 0 saturated heterocycles. The number of furan rings is 1. The Hall–Kier alpha value is -2.77. The Kier molecular flexibility index (Phi) is 5.37. The molecule has 0 spiro atoms. The minimum Gasteiger partial charge on any atom is -0.495 e. The molecule has 0 aliphatic carbocycles. The quantitative estimate of drug-likeness (QED) is 0.688. The molecule has 0 fully saturated rings. The summed E-state index contributed by atoms with van der Waals surface area (Å²) < 4.78 is 20.9. The summed E-state index contributed by atoms with van der Waals surface area (Å²) in [7, 11) is 1.51. The van der Waals surface area contributed by atoms with Crippen LogP contribution in [0.25, 0.3) is 11.5 Å². The van der Waals surface area contributed by atoms with Crippen molar-refractivity contribution in [3.8, 4) is 17.3 Å². The molecule has 3 aromatic rings. The first kappa shape index (κ1) is 17.1. The fourth-order valence-electron chi connectivity index (χ4n) is 2.13. The lowest BCUT2D eigenvalue weighted by atomic mass is 10.3. The van der Waals surface area contributed by atoms with Gasteiger partial charge in [0, 0.05) is 11.1 Å². The Bertz CT molecular complexity index is 845. The van der Waals surface area contributed by atoms with Crippen molar-refractivity contribution in [2.24, 2.45) is 0 Å². The van der Waals surface area contributed by atoms with Crippen LogP contribution >= 0.6 is 11.6 Å². The van der Waals surface area contributed by atoms with Gasteiger partial charge >= 0.3 is 0 Å². The van der Waals surface area contributed by atoms with Crippen molar-refractivity contribution in [3.05, 3.63) is 53.4 Å². The third-order valence-electron chi connectivity index (χ3n) is 3.24. The molecule has 0 saturated carbocycles. The zero-order valence-electron chi connectivity index (χ0n) is 13.3. The van der Waals surface area contributed by atoms with Crippen LogP contribution in [0.2, 0.25) is 5.02 Å². The molecule has 0 unspecified atom stereocenters. The molecule has 25 heavy (non-hydrogen) atoms. The smallest absolute Gasteiger partial charge is 0.250 e. The highest BCUT2D eigenvalue weighted by Gasteiger charge is 2.11. The van der Waals surface area contributed by atoms with E-state index in [1.807, 2.05) is 0 Å². The Morgan fingerprint density at radius 3 is 2.92 bits per heavy atom. The third-order valence-corrected chi connectivity index (χ3v) is 3.48. The molecule has 0 atom stereocenters. The van der Waals surface area contributed by atoms with Gasteiger partial charge in [-0.2, -0.15) is 0 Å². The molecule has 1 aromatic carbocycles. The van der Waals surface area contributed by atoms with Crippen LogP contribution in [0, 0.1) is 0 Å². The van der Waals surface area contributed by atoms with Crippen LogP contribution in [0.5, 0.6) is 5.75 Å². The molecular weight excluding hydrogens is 348 g/mol. The number of methoxy groups -OCH3 is 1. The van der Waals surface area contributed by atoms with E-state index in [-0.39, 0.29) is 19.1 Å². The number of carbonyl (C=O) groups excluding carboxylic acids is 1. The lowest BCUT2D eigenvalue weighted by molar-refractivity contribution is -0.121. The van der Waals surface area contributed by atoms with Gasteiger partial charge in [-0.25, -0.2) is 0 Å². The molecule has 1 amide bonds. The molecule has 2 aromatic heterocycles. The van der Waals surface area contributed by atoms with E-state index in [1.165, 1.54) is 7.11 Å². The van der Waals surface area contributed by atoms with Crippen molar-refractivity contribution in [3.63, 3.8) is 0 Å². The average Bonchev–Trinajstić information content (AvgIpc) is 3.26. The summed E-state index contributed by atoms with van der Waals surface area (Å²) in [4.78, 5) is 12.0. The number of anilines is 1. The zero-order chi connectivity index (χ0) is 17.6. The van der Waals surface area contributed by atoms with Crippen LogP contribution in [-0.4, -0.2) is 24.8 Å². The van der Waals surface area contributed by atoms with Gasteiger partial charge in [0.25, 0.3) is 0 Å². The maximum atomic E-state index is 12.0. The predicted molar refractivity (Wildman–Crippen MR) is 90.5 cm³/mol. The van der Waals surface area contributed by atoms with Crippen molar-refractivity contribution < 1.29 is 23.2 Å². The van der Waals surface area contributed by atoms with Crippen LogP contribution in [0.4, 0.5) is 5.69 Å². The number of benzene rings is 1. The summed E-state index contributed by atoms with van der Waals surface area (Å²) in [5.41, 5.74) is 1.03. The van der Waals surface area contributed by atoms with E-state index in [0.29, 0.717) is 33.7 Å². The molecule has 8 heteroatoms. The van der Waals surface area contributed by atoms with Crippen LogP contribution < -0.4 is 10.1 Å². The van der Waals surface area contributed by atoms with E-state index in [4.69, 9.17) is 30.0 Å². The van der Waals surface area contributed by atoms with Crippen LogP contribution in [0.3, 0.4) is 0 Å². The SMILES string of the molecule is COc1ccc(Cl)cc1NC(=O)COCc1cc(-c2ccco2)on1. The van der Waals surface area contributed by atoms with Gasteiger partial charge in [0.2, 0.25) is 11.7 Å². The van der Waals surface area contributed by atoms with Gasteiger partial charge in [-0.3, -0.25) is 4.79 Å². The molecule has 2 heterocycles. The van der Waals surface area contributed by atoms with Crippen molar-refractivity contribution in [2.75, 3.05) is 19.0 Å². The lowest BCUT2D eigenvalue weighted by Crippen LogP contribution is -2.18. The summed E-state index contributed by atoms with van der Waals surface area (Å²) in [5, 5.41) is 7.04. The zero-order valence-corrected chi connectivity index (χ0v) is 14.1. The first-order valence-corrected chi connectivity index (χ1v) is 7.74. The maximum absolute atomic E-state index is 12.0. The van der Waals surface area contributed by atoms with E-state index in [2.05, 4.69) is 10.5 Å². The number of nitrogens with zero attached hydrogens (tertiary/aromatic N) is 1. The summed E-state index contributed by atoms with van der Waals surface area (Å²) in [6.45, 7) is -0.0249. The lowest BCUT2D eigenvalue weighted by Gasteiger charge is -2.10. The summed E-state index contributed by atoms with van der Waals surface area (Å²) in [6, 6.07) is 10.2. The topological polar surface area (TPSA) is 86.7 Å². The van der Waals surface area contributed by atoms with Gasteiger partial charge in [-0.1, -0.05) is 16.8 Å². The summed E-state index contributed by atoms with van der Waals surface area (Å²) in [6.07, 6.45) is 1.54. The average molecular weight is 363 g/mol. The van der Waals surface area contributed by atoms with Crippen molar-refractivity contribution >= 4 is 23.2 Å². The van der Waals surface area contributed by atoms with Crippen molar-refractivity contribution in [1.29, 1.82) is 0 Å². The Morgan fingerprint density at radius 1 is 1.28 bits per heavy atom. The van der Waals surface area contributed by atoms with E-state index >= 15 is 0 Å². The number of carbonyl (C=O) groups is 1. The second-order valence-electron chi connectivity index (χ2n) is 5.05.